The van der Waals surface area contributed by atoms with Gasteiger partial charge >= 0.3 is 0 Å². The molecule has 5 rings (SSSR count). The lowest BCUT2D eigenvalue weighted by Crippen LogP contribution is -2.30. The van der Waals surface area contributed by atoms with Crippen molar-refractivity contribution < 1.29 is 4.92 Å². The Morgan fingerprint density at radius 2 is 1.82 bits per heavy atom. The van der Waals surface area contributed by atoms with Gasteiger partial charge in [-0.1, -0.05) is 28.1 Å². The molecule has 1 aliphatic heterocycles. The summed E-state index contributed by atoms with van der Waals surface area (Å²) in [7, 11) is 0. The van der Waals surface area contributed by atoms with Gasteiger partial charge in [-0.3, -0.25) is 15.1 Å². The lowest BCUT2D eigenvalue weighted by Gasteiger charge is -2.29. The van der Waals surface area contributed by atoms with Crippen LogP contribution in [0.5, 0.6) is 0 Å². The van der Waals surface area contributed by atoms with Crippen LogP contribution in [0.15, 0.2) is 95.7 Å². The number of hydrogen-bond acceptors (Lipinski definition) is 4. The molecule has 1 saturated heterocycles. The molecular weight excluding hydrogens is 502 g/mol. The fraction of sp³-hybridized carbons (Fsp3) is 0.0833. The number of rotatable bonds is 5. The average Bonchev–Trinajstić information content (AvgIpc) is 3.44. The number of anilines is 1. The highest BCUT2D eigenvalue weighted by Crippen LogP contribution is 2.42. The maximum absolute atomic E-state index is 11.4. The van der Waals surface area contributed by atoms with Gasteiger partial charge in [-0.25, -0.2) is 0 Å². The Hall–Kier alpha value is -3.56. The minimum absolute atomic E-state index is 0.0401. The number of pyridine rings is 1. The number of aromatic nitrogens is 2. The first kappa shape index (κ1) is 21.3. The van der Waals surface area contributed by atoms with Gasteiger partial charge < -0.3 is 14.8 Å². The van der Waals surface area contributed by atoms with Crippen LogP contribution in [0.25, 0.3) is 5.69 Å². The number of thiocarbonyl (C=S) groups is 1. The molecule has 1 fully saturated rings. The van der Waals surface area contributed by atoms with Crippen LogP contribution in [0.1, 0.15) is 23.5 Å². The maximum Gasteiger partial charge on any atom is 0.271 e. The van der Waals surface area contributed by atoms with Gasteiger partial charge in [-0.05, 0) is 66.8 Å². The number of non-ortho nitro benzene ring substituents is 1. The molecule has 7 nitrogen and oxygen atoms in total. The normalized spacial score (nSPS) is 17.7. The van der Waals surface area contributed by atoms with E-state index in [1.165, 1.54) is 6.07 Å². The summed E-state index contributed by atoms with van der Waals surface area (Å²) in [6.45, 7) is 0. The predicted octanol–water partition coefficient (Wildman–Crippen LogP) is 5.72. The van der Waals surface area contributed by atoms with Crippen molar-refractivity contribution in [1.29, 1.82) is 0 Å². The van der Waals surface area contributed by atoms with E-state index in [0.717, 1.165) is 21.5 Å². The molecule has 0 radical (unpaired) electrons. The summed E-state index contributed by atoms with van der Waals surface area (Å²) in [4.78, 5) is 17.6. The molecule has 1 N–H and O–H groups in total. The monoisotopic (exact) mass is 519 g/mol. The minimum atomic E-state index is -0.385. The van der Waals surface area contributed by atoms with Crippen LogP contribution in [0, 0.1) is 10.1 Å². The molecular formula is C24H18BrN5O2S. The number of nitrogens with zero attached hydrogens (tertiary/aromatic N) is 4. The first-order valence-corrected chi connectivity index (χ1v) is 11.4. The van der Waals surface area contributed by atoms with Crippen molar-refractivity contribution in [2.24, 2.45) is 0 Å². The summed E-state index contributed by atoms with van der Waals surface area (Å²) in [5, 5.41) is 15.4. The van der Waals surface area contributed by atoms with Crippen molar-refractivity contribution in [1.82, 2.24) is 14.9 Å². The van der Waals surface area contributed by atoms with E-state index in [4.69, 9.17) is 12.2 Å². The first-order chi connectivity index (χ1) is 16.0. The van der Waals surface area contributed by atoms with Gasteiger partial charge in [0.15, 0.2) is 5.11 Å². The Labute approximate surface area is 204 Å². The van der Waals surface area contributed by atoms with E-state index in [0.29, 0.717) is 10.8 Å². The van der Waals surface area contributed by atoms with E-state index in [-0.39, 0.29) is 22.7 Å². The molecule has 1 aliphatic rings. The molecule has 2 aromatic heterocycles. The summed E-state index contributed by atoms with van der Waals surface area (Å²) in [6.07, 6.45) is 3.67. The van der Waals surface area contributed by atoms with E-state index in [2.05, 4.69) is 31.1 Å². The topological polar surface area (TPSA) is 76.2 Å². The molecule has 164 valence electrons. The van der Waals surface area contributed by atoms with E-state index >= 15 is 0 Å². The van der Waals surface area contributed by atoms with Gasteiger partial charge in [0.2, 0.25) is 0 Å². The van der Waals surface area contributed by atoms with Crippen molar-refractivity contribution in [3.63, 3.8) is 0 Å². The van der Waals surface area contributed by atoms with Crippen molar-refractivity contribution in [2.45, 2.75) is 12.1 Å². The molecule has 2 aromatic carbocycles. The zero-order valence-corrected chi connectivity index (χ0v) is 19.6. The second-order valence-electron chi connectivity index (χ2n) is 7.55. The van der Waals surface area contributed by atoms with Crippen LogP contribution in [0.3, 0.4) is 0 Å². The highest BCUT2D eigenvalue weighted by Gasteiger charge is 2.42. The molecule has 0 saturated carbocycles. The molecule has 0 amide bonds. The molecule has 9 heteroatoms. The smallest absolute Gasteiger partial charge is 0.271 e. The number of nitro groups is 1. The van der Waals surface area contributed by atoms with Crippen LogP contribution in [0.4, 0.5) is 11.4 Å². The van der Waals surface area contributed by atoms with Crippen LogP contribution in [-0.4, -0.2) is 19.6 Å². The second-order valence-corrected chi connectivity index (χ2v) is 8.86. The number of benzene rings is 2. The Morgan fingerprint density at radius 1 is 1.00 bits per heavy atom. The summed E-state index contributed by atoms with van der Waals surface area (Å²) < 4.78 is 2.94. The molecule has 3 heterocycles. The largest absolute Gasteiger partial charge is 0.351 e. The zero-order valence-electron chi connectivity index (χ0n) is 17.2. The highest BCUT2D eigenvalue weighted by atomic mass is 79.9. The lowest BCUT2D eigenvalue weighted by atomic mass is 10.0. The van der Waals surface area contributed by atoms with Crippen molar-refractivity contribution in [2.75, 3.05) is 4.90 Å². The summed E-state index contributed by atoms with van der Waals surface area (Å²) >= 11 is 9.27. The number of nitro benzene ring substituents is 1. The van der Waals surface area contributed by atoms with E-state index in [9.17, 15) is 10.1 Å². The average molecular weight is 520 g/mol. The quantitative estimate of drug-likeness (QED) is 0.206. The summed E-state index contributed by atoms with van der Waals surface area (Å²) in [5.41, 5.74) is 3.47. The number of hydrogen-bond donors (Lipinski definition) is 1. The van der Waals surface area contributed by atoms with Gasteiger partial charge in [0, 0.05) is 40.4 Å². The lowest BCUT2D eigenvalue weighted by molar-refractivity contribution is -0.384. The third-order valence-electron chi connectivity index (χ3n) is 5.60. The molecule has 2 atom stereocenters. The van der Waals surface area contributed by atoms with Gasteiger partial charge in [-0.2, -0.15) is 0 Å². The van der Waals surface area contributed by atoms with Crippen molar-refractivity contribution in [3.05, 3.63) is 117 Å². The molecule has 0 aliphatic carbocycles. The molecule has 0 unspecified atom stereocenters. The van der Waals surface area contributed by atoms with Gasteiger partial charge in [0.25, 0.3) is 5.69 Å². The maximum atomic E-state index is 11.4. The standard InChI is InChI=1S/C24H18BrN5O2S/c25-16-9-11-17(12-10-16)29-23(22(27-24(29)33)20-7-1-2-13-26-20)21-8-4-14-28(21)18-5-3-6-19(15-18)30(31)32/h1-15,22-23H,(H,27,33)/t22-,23+/m0/s1. The third-order valence-corrected chi connectivity index (χ3v) is 6.45. The van der Waals surface area contributed by atoms with Crippen LogP contribution >= 0.6 is 28.1 Å². The Balaban J connectivity index is 1.66. The predicted molar refractivity (Wildman–Crippen MR) is 134 cm³/mol. The van der Waals surface area contributed by atoms with Gasteiger partial charge in [0.05, 0.1) is 22.3 Å². The highest BCUT2D eigenvalue weighted by molar-refractivity contribution is 9.10. The van der Waals surface area contributed by atoms with Crippen LogP contribution in [-0.2, 0) is 0 Å². The van der Waals surface area contributed by atoms with Gasteiger partial charge in [0.1, 0.15) is 6.04 Å². The van der Waals surface area contributed by atoms with E-state index in [1.54, 1.807) is 18.3 Å². The SMILES string of the molecule is O=[N+]([O-])c1cccc(-n2cccc2[C@@H]2[C@H](c3ccccn3)NC(=S)N2c2ccc(Br)cc2)c1. The zero-order chi connectivity index (χ0) is 22.9. The van der Waals surface area contributed by atoms with E-state index in [1.807, 2.05) is 71.4 Å². The van der Waals surface area contributed by atoms with Gasteiger partial charge in [-0.15, -0.1) is 0 Å². The minimum Gasteiger partial charge on any atom is -0.351 e. The summed E-state index contributed by atoms with van der Waals surface area (Å²) in [6, 6.07) is 23.9. The molecule has 0 bridgehead atoms. The van der Waals surface area contributed by atoms with Crippen molar-refractivity contribution in [3.8, 4) is 5.69 Å². The molecule has 4 aromatic rings. The number of nitrogens with one attached hydrogen (secondary N) is 1. The Bertz CT molecular complexity index is 1330. The Morgan fingerprint density at radius 3 is 2.55 bits per heavy atom. The first-order valence-electron chi connectivity index (χ1n) is 10.2. The fourth-order valence-electron chi connectivity index (χ4n) is 4.16. The molecule has 0 spiro atoms. The second kappa shape index (κ2) is 8.76. The fourth-order valence-corrected chi connectivity index (χ4v) is 4.77. The summed E-state index contributed by atoms with van der Waals surface area (Å²) in [5.74, 6) is 0. The van der Waals surface area contributed by atoms with E-state index < -0.39 is 0 Å². The van der Waals surface area contributed by atoms with Crippen LogP contribution in [0.2, 0.25) is 0 Å². The number of halogens is 1. The van der Waals surface area contributed by atoms with Crippen molar-refractivity contribution >= 4 is 44.6 Å². The third kappa shape index (κ3) is 4.01. The Kier molecular flexibility index (Phi) is 5.65. The molecule has 33 heavy (non-hydrogen) atoms. The van der Waals surface area contributed by atoms with Crippen LogP contribution < -0.4 is 10.2 Å².